The van der Waals surface area contributed by atoms with E-state index in [1.54, 1.807) is 7.11 Å². The number of carboxylic acids is 1. The van der Waals surface area contributed by atoms with Gasteiger partial charge in [0.2, 0.25) is 0 Å². The monoisotopic (exact) mass is 334 g/mol. The fourth-order valence-electron chi connectivity index (χ4n) is 3.76. The normalized spacial score (nSPS) is 22.0. The second-order valence-corrected chi connectivity index (χ2v) is 6.59. The SMILES string of the molecule is COc1ccc(CN2CCCN3CCC[C@H]3C2)cc1OCC(=O)O. The number of nitrogens with zero attached hydrogens (tertiary/aromatic N) is 2. The van der Waals surface area contributed by atoms with E-state index in [2.05, 4.69) is 9.80 Å². The summed E-state index contributed by atoms with van der Waals surface area (Å²) in [5.74, 6) is 0.0730. The lowest BCUT2D eigenvalue weighted by molar-refractivity contribution is -0.139. The quantitative estimate of drug-likeness (QED) is 0.856. The van der Waals surface area contributed by atoms with Crippen LogP contribution >= 0.6 is 0 Å². The molecule has 0 saturated carbocycles. The van der Waals surface area contributed by atoms with Crippen molar-refractivity contribution in [3.8, 4) is 11.5 Å². The minimum Gasteiger partial charge on any atom is -0.493 e. The maximum Gasteiger partial charge on any atom is 0.341 e. The van der Waals surface area contributed by atoms with Crippen molar-refractivity contribution in [2.45, 2.75) is 31.8 Å². The maximum atomic E-state index is 10.7. The van der Waals surface area contributed by atoms with E-state index in [1.165, 1.54) is 32.4 Å². The molecule has 2 fully saturated rings. The zero-order valence-corrected chi connectivity index (χ0v) is 14.2. The Bertz CT molecular complexity index is 578. The zero-order valence-electron chi connectivity index (χ0n) is 14.2. The van der Waals surface area contributed by atoms with E-state index in [0.717, 1.165) is 25.2 Å². The number of aliphatic carboxylic acids is 1. The van der Waals surface area contributed by atoms with Crippen molar-refractivity contribution in [2.75, 3.05) is 39.9 Å². The molecular weight excluding hydrogens is 308 g/mol. The third-order valence-corrected chi connectivity index (χ3v) is 4.87. The summed E-state index contributed by atoms with van der Waals surface area (Å²) in [5, 5.41) is 8.81. The highest BCUT2D eigenvalue weighted by Gasteiger charge is 2.28. The van der Waals surface area contributed by atoms with Crippen molar-refractivity contribution in [3.63, 3.8) is 0 Å². The van der Waals surface area contributed by atoms with Crippen LogP contribution in [-0.4, -0.2) is 66.8 Å². The Balaban J connectivity index is 1.67. The molecule has 1 aromatic rings. The molecule has 3 rings (SSSR count). The number of rotatable bonds is 6. The Morgan fingerprint density at radius 2 is 2.08 bits per heavy atom. The average Bonchev–Trinajstić information content (AvgIpc) is 2.91. The van der Waals surface area contributed by atoms with Crippen LogP contribution in [0.15, 0.2) is 18.2 Å². The fraction of sp³-hybridized carbons (Fsp3) is 0.611. The van der Waals surface area contributed by atoms with Gasteiger partial charge in [0.05, 0.1) is 7.11 Å². The Labute approximate surface area is 143 Å². The van der Waals surface area contributed by atoms with Gasteiger partial charge < -0.3 is 14.6 Å². The molecule has 6 nitrogen and oxygen atoms in total. The molecule has 0 aliphatic carbocycles. The molecule has 2 heterocycles. The van der Waals surface area contributed by atoms with Crippen LogP contribution in [0.25, 0.3) is 0 Å². The van der Waals surface area contributed by atoms with Crippen LogP contribution in [0.5, 0.6) is 11.5 Å². The Morgan fingerprint density at radius 1 is 1.25 bits per heavy atom. The van der Waals surface area contributed by atoms with E-state index in [1.807, 2.05) is 18.2 Å². The summed E-state index contributed by atoms with van der Waals surface area (Å²) in [6.07, 6.45) is 3.81. The lowest BCUT2D eigenvalue weighted by Crippen LogP contribution is -2.36. The third kappa shape index (κ3) is 4.19. The molecule has 24 heavy (non-hydrogen) atoms. The van der Waals surface area contributed by atoms with Crippen LogP contribution < -0.4 is 9.47 Å². The summed E-state index contributed by atoms with van der Waals surface area (Å²) < 4.78 is 10.6. The van der Waals surface area contributed by atoms with Crippen LogP contribution in [0.2, 0.25) is 0 Å². The molecule has 0 spiro atoms. The number of ether oxygens (including phenoxy) is 2. The summed E-state index contributed by atoms with van der Waals surface area (Å²) >= 11 is 0. The number of methoxy groups -OCH3 is 1. The maximum absolute atomic E-state index is 10.7. The van der Waals surface area contributed by atoms with E-state index in [0.29, 0.717) is 17.5 Å². The largest absolute Gasteiger partial charge is 0.493 e. The fourth-order valence-corrected chi connectivity index (χ4v) is 3.76. The van der Waals surface area contributed by atoms with E-state index in [4.69, 9.17) is 14.6 Å². The van der Waals surface area contributed by atoms with Gasteiger partial charge in [-0.1, -0.05) is 6.07 Å². The van der Waals surface area contributed by atoms with Gasteiger partial charge >= 0.3 is 5.97 Å². The highest BCUT2D eigenvalue weighted by molar-refractivity contribution is 5.68. The Morgan fingerprint density at radius 3 is 2.88 bits per heavy atom. The number of carboxylic acid groups (broad SMARTS) is 1. The Hall–Kier alpha value is -1.79. The summed E-state index contributed by atoms with van der Waals surface area (Å²) in [6, 6.07) is 6.48. The Kier molecular flexibility index (Phi) is 5.58. The second kappa shape index (κ2) is 7.85. The molecule has 1 aromatic carbocycles. The molecule has 0 aromatic heterocycles. The van der Waals surface area contributed by atoms with Gasteiger partial charge in [-0.15, -0.1) is 0 Å². The van der Waals surface area contributed by atoms with Crippen molar-refractivity contribution in [1.82, 2.24) is 9.80 Å². The van der Waals surface area contributed by atoms with Gasteiger partial charge in [0, 0.05) is 19.1 Å². The minimum atomic E-state index is -0.990. The minimum absolute atomic E-state index is 0.361. The topological polar surface area (TPSA) is 62.2 Å². The van der Waals surface area contributed by atoms with Gasteiger partial charge in [0.1, 0.15) is 0 Å². The highest BCUT2D eigenvalue weighted by Crippen LogP contribution is 2.29. The second-order valence-electron chi connectivity index (χ2n) is 6.59. The smallest absolute Gasteiger partial charge is 0.341 e. The van der Waals surface area contributed by atoms with Crippen LogP contribution in [0, 0.1) is 0 Å². The molecule has 2 saturated heterocycles. The molecule has 6 heteroatoms. The lowest BCUT2D eigenvalue weighted by Gasteiger charge is -2.25. The van der Waals surface area contributed by atoms with Crippen molar-refractivity contribution in [2.24, 2.45) is 0 Å². The predicted octanol–water partition coefficient (Wildman–Crippen LogP) is 1.83. The summed E-state index contributed by atoms with van der Waals surface area (Å²) in [7, 11) is 1.56. The number of hydrogen-bond donors (Lipinski definition) is 1. The molecule has 0 amide bonds. The molecule has 132 valence electrons. The first kappa shape index (κ1) is 17.0. The zero-order chi connectivity index (χ0) is 16.9. The van der Waals surface area contributed by atoms with Crippen LogP contribution in [0.1, 0.15) is 24.8 Å². The van der Waals surface area contributed by atoms with Crippen molar-refractivity contribution >= 4 is 5.97 Å². The van der Waals surface area contributed by atoms with Gasteiger partial charge in [0.25, 0.3) is 0 Å². The first-order chi connectivity index (χ1) is 11.7. The van der Waals surface area contributed by atoms with Crippen molar-refractivity contribution in [1.29, 1.82) is 0 Å². The highest BCUT2D eigenvalue weighted by atomic mass is 16.5. The first-order valence-electron chi connectivity index (χ1n) is 8.63. The molecular formula is C18H26N2O4. The van der Waals surface area contributed by atoms with Crippen LogP contribution in [0.3, 0.4) is 0 Å². The van der Waals surface area contributed by atoms with Gasteiger partial charge in [-0.3, -0.25) is 9.80 Å². The lowest BCUT2D eigenvalue weighted by atomic mass is 10.1. The molecule has 0 radical (unpaired) electrons. The summed E-state index contributed by atoms with van der Waals surface area (Å²) in [4.78, 5) is 15.9. The van der Waals surface area contributed by atoms with Crippen molar-refractivity contribution in [3.05, 3.63) is 23.8 Å². The third-order valence-electron chi connectivity index (χ3n) is 4.87. The molecule has 2 aliphatic rings. The van der Waals surface area contributed by atoms with E-state index >= 15 is 0 Å². The molecule has 0 unspecified atom stereocenters. The van der Waals surface area contributed by atoms with Gasteiger partial charge in [-0.2, -0.15) is 0 Å². The van der Waals surface area contributed by atoms with Crippen LogP contribution in [-0.2, 0) is 11.3 Å². The summed E-state index contributed by atoms with van der Waals surface area (Å²) in [5.41, 5.74) is 1.13. The molecule has 0 bridgehead atoms. The predicted molar refractivity (Wildman–Crippen MR) is 90.6 cm³/mol. The number of benzene rings is 1. The van der Waals surface area contributed by atoms with Crippen LogP contribution in [0.4, 0.5) is 0 Å². The van der Waals surface area contributed by atoms with Gasteiger partial charge in [-0.05, 0) is 56.6 Å². The van der Waals surface area contributed by atoms with Gasteiger partial charge in [0.15, 0.2) is 18.1 Å². The van der Waals surface area contributed by atoms with Gasteiger partial charge in [-0.25, -0.2) is 4.79 Å². The standard InChI is InChI=1S/C18H26N2O4/c1-23-16-6-5-14(10-17(16)24-13-18(21)22)11-19-7-3-9-20-8-2-4-15(20)12-19/h5-6,10,15H,2-4,7-9,11-13H2,1H3,(H,21,22)/t15-/m0/s1. The number of fused-ring (bicyclic) bond motifs is 1. The van der Waals surface area contributed by atoms with Crippen molar-refractivity contribution < 1.29 is 19.4 Å². The summed E-state index contributed by atoms with van der Waals surface area (Å²) in [6.45, 7) is 5.16. The number of carbonyl (C=O) groups is 1. The average molecular weight is 334 g/mol. The molecule has 2 aliphatic heterocycles. The first-order valence-corrected chi connectivity index (χ1v) is 8.63. The van der Waals surface area contributed by atoms with E-state index < -0.39 is 5.97 Å². The van der Waals surface area contributed by atoms with E-state index in [9.17, 15) is 4.79 Å². The number of hydrogen-bond acceptors (Lipinski definition) is 5. The van der Waals surface area contributed by atoms with E-state index in [-0.39, 0.29) is 6.61 Å². The molecule has 1 N–H and O–H groups in total. The molecule has 1 atom stereocenters.